The molecule has 1 unspecified atom stereocenters. The van der Waals surface area contributed by atoms with E-state index in [2.05, 4.69) is 10.3 Å². The molecular weight excluding hydrogens is 374 g/mol. The second-order valence-corrected chi connectivity index (χ2v) is 8.82. The number of benzene rings is 1. The fourth-order valence-electron chi connectivity index (χ4n) is 3.05. The number of hydrogen-bond acceptors (Lipinski definition) is 6. The third-order valence-electron chi connectivity index (χ3n) is 4.34. The monoisotopic (exact) mass is 395 g/mol. The number of thiazole rings is 1. The highest BCUT2D eigenvalue weighted by Crippen LogP contribution is 2.28. The molecule has 2 heterocycles. The Kier molecular flexibility index (Phi) is 5.90. The highest BCUT2D eigenvalue weighted by atomic mass is 32.2. The SMILES string of the molecule is COc1ccc(S(=O)(=O)N2CCCCC2CC(=O)Nc2nccs2)cc1. The predicted octanol–water partition coefficient (Wildman–Crippen LogP) is 2.72. The third kappa shape index (κ3) is 4.22. The second kappa shape index (κ2) is 8.15. The molecule has 0 spiro atoms. The van der Waals surface area contributed by atoms with Crippen LogP contribution in [0.15, 0.2) is 40.7 Å². The van der Waals surface area contributed by atoms with Crippen LogP contribution < -0.4 is 10.1 Å². The highest BCUT2D eigenvalue weighted by Gasteiger charge is 2.34. The molecule has 1 saturated heterocycles. The Hall–Kier alpha value is -1.97. The Morgan fingerprint density at radius 2 is 2.12 bits per heavy atom. The molecule has 1 fully saturated rings. The first-order chi connectivity index (χ1) is 12.5. The molecule has 140 valence electrons. The Morgan fingerprint density at radius 3 is 2.77 bits per heavy atom. The van der Waals surface area contributed by atoms with Crippen LogP contribution in [-0.4, -0.2) is 43.3 Å². The number of sulfonamides is 1. The zero-order chi connectivity index (χ0) is 18.6. The maximum Gasteiger partial charge on any atom is 0.243 e. The second-order valence-electron chi connectivity index (χ2n) is 6.03. The maximum atomic E-state index is 13.0. The molecular formula is C17H21N3O4S2. The minimum atomic E-state index is -3.66. The molecule has 0 saturated carbocycles. The summed E-state index contributed by atoms with van der Waals surface area (Å²) < 4.78 is 32.6. The third-order valence-corrected chi connectivity index (χ3v) is 6.99. The van der Waals surface area contributed by atoms with E-state index in [1.165, 1.54) is 34.9 Å². The molecule has 9 heteroatoms. The van der Waals surface area contributed by atoms with Crippen molar-refractivity contribution in [3.05, 3.63) is 35.8 Å². The van der Waals surface area contributed by atoms with Crippen LogP contribution in [0, 0.1) is 0 Å². The Balaban J connectivity index is 1.75. The molecule has 1 N–H and O–H groups in total. The van der Waals surface area contributed by atoms with Gasteiger partial charge in [0.15, 0.2) is 5.13 Å². The van der Waals surface area contributed by atoms with Crippen LogP contribution in [0.25, 0.3) is 0 Å². The number of anilines is 1. The molecule has 1 atom stereocenters. The lowest BCUT2D eigenvalue weighted by atomic mass is 10.0. The number of nitrogens with zero attached hydrogens (tertiary/aromatic N) is 2. The van der Waals surface area contributed by atoms with Crippen molar-refractivity contribution in [2.75, 3.05) is 19.0 Å². The molecule has 3 rings (SSSR count). The van der Waals surface area contributed by atoms with Crippen molar-refractivity contribution < 1.29 is 17.9 Å². The largest absolute Gasteiger partial charge is 0.497 e. The smallest absolute Gasteiger partial charge is 0.243 e. The van der Waals surface area contributed by atoms with Crippen LogP contribution in [-0.2, 0) is 14.8 Å². The van der Waals surface area contributed by atoms with E-state index in [0.717, 1.165) is 12.8 Å². The van der Waals surface area contributed by atoms with Gasteiger partial charge in [0, 0.05) is 30.6 Å². The summed E-state index contributed by atoms with van der Waals surface area (Å²) >= 11 is 1.33. The summed E-state index contributed by atoms with van der Waals surface area (Å²) in [7, 11) is -2.13. The highest BCUT2D eigenvalue weighted by molar-refractivity contribution is 7.89. The van der Waals surface area contributed by atoms with E-state index in [4.69, 9.17) is 4.74 Å². The molecule has 7 nitrogen and oxygen atoms in total. The summed E-state index contributed by atoms with van der Waals surface area (Å²) in [6.07, 6.45) is 4.10. The summed E-state index contributed by atoms with van der Waals surface area (Å²) in [5.74, 6) is 0.378. The van der Waals surface area contributed by atoms with E-state index in [1.807, 2.05) is 0 Å². The fraction of sp³-hybridized carbons (Fsp3) is 0.412. The van der Waals surface area contributed by atoms with E-state index < -0.39 is 10.0 Å². The molecule has 26 heavy (non-hydrogen) atoms. The normalized spacial score (nSPS) is 18.4. The van der Waals surface area contributed by atoms with Gasteiger partial charge in [-0.3, -0.25) is 4.79 Å². The van der Waals surface area contributed by atoms with Gasteiger partial charge in [-0.25, -0.2) is 13.4 Å². The van der Waals surface area contributed by atoms with E-state index in [-0.39, 0.29) is 23.3 Å². The van der Waals surface area contributed by atoms with Crippen LogP contribution in [0.3, 0.4) is 0 Å². The molecule has 0 radical (unpaired) electrons. The van der Waals surface area contributed by atoms with Gasteiger partial charge in [0.2, 0.25) is 15.9 Å². The number of ether oxygens (including phenoxy) is 1. The molecule has 2 aromatic rings. The first-order valence-electron chi connectivity index (χ1n) is 8.36. The van der Waals surface area contributed by atoms with Crippen molar-refractivity contribution in [3.8, 4) is 5.75 Å². The van der Waals surface area contributed by atoms with Gasteiger partial charge in [-0.05, 0) is 37.1 Å². The van der Waals surface area contributed by atoms with Crippen molar-refractivity contribution >= 4 is 32.4 Å². The maximum absolute atomic E-state index is 13.0. The lowest BCUT2D eigenvalue weighted by Crippen LogP contribution is -2.45. The summed E-state index contributed by atoms with van der Waals surface area (Å²) in [4.78, 5) is 16.5. The van der Waals surface area contributed by atoms with Crippen molar-refractivity contribution in [1.29, 1.82) is 0 Å². The van der Waals surface area contributed by atoms with Crippen LogP contribution in [0.5, 0.6) is 5.75 Å². The summed E-state index contributed by atoms with van der Waals surface area (Å²) in [6, 6.07) is 5.98. The number of nitrogens with one attached hydrogen (secondary N) is 1. The standard InChI is InChI=1S/C17H21N3O4S2/c1-24-14-5-7-15(8-6-14)26(22,23)20-10-3-2-4-13(20)12-16(21)19-17-18-9-11-25-17/h5-9,11,13H,2-4,10,12H2,1H3,(H,18,19,21). The van der Waals surface area contributed by atoms with Gasteiger partial charge in [-0.1, -0.05) is 6.42 Å². The Morgan fingerprint density at radius 1 is 1.35 bits per heavy atom. The summed E-state index contributed by atoms with van der Waals surface area (Å²) in [6.45, 7) is 0.420. The van der Waals surface area contributed by atoms with Crippen LogP contribution in [0.1, 0.15) is 25.7 Å². The zero-order valence-electron chi connectivity index (χ0n) is 14.4. The number of carbonyl (C=O) groups is 1. The molecule has 0 bridgehead atoms. The number of carbonyl (C=O) groups excluding carboxylic acids is 1. The van der Waals surface area contributed by atoms with Crippen LogP contribution in [0.2, 0.25) is 0 Å². The van der Waals surface area contributed by atoms with E-state index in [1.54, 1.807) is 23.7 Å². The van der Waals surface area contributed by atoms with Gasteiger partial charge in [0.1, 0.15) is 5.75 Å². The number of aromatic nitrogens is 1. The van der Waals surface area contributed by atoms with Gasteiger partial charge in [0.05, 0.1) is 12.0 Å². The Labute approximate surface area is 157 Å². The fourth-order valence-corrected chi connectivity index (χ4v) is 5.28. The molecule has 1 aromatic carbocycles. The molecule has 0 aliphatic carbocycles. The zero-order valence-corrected chi connectivity index (χ0v) is 16.1. The van der Waals surface area contributed by atoms with Crippen molar-refractivity contribution in [3.63, 3.8) is 0 Å². The van der Waals surface area contributed by atoms with Crippen molar-refractivity contribution in [2.45, 2.75) is 36.6 Å². The number of rotatable bonds is 6. The van der Waals surface area contributed by atoms with Crippen molar-refractivity contribution in [1.82, 2.24) is 9.29 Å². The minimum absolute atomic E-state index is 0.120. The average molecular weight is 396 g/mol. The first-order valence-corrected chi connectivity index (χ1v) is 10.7. The topological polar surface area (TPSA) is 88.6 Å². The van der Waals surface area contributed by atoms with Gasteiger partial charge in [0.25, 0.3) is 0 Å². The predicted molar refractivity (Wildman–Crippen MR) is 99.9 cm³/mol. The average Bonchev–Trinajstić information content (AvgIpc) is 3.15. The lowest BCUT2D eigenvalue weighted by molar-refractivity contribution is -0.117. The minimum Gasteiger partial charge on any atom is -0.497 e. The van der Waals surface area contributed by atoms with E-state index in [0.29, 0.717) is 23.8 Å². The summed E-state index contributed by atoms with van der Waals surface area (Å²) in [5, 5.41) is 5.02. The number of methoxy groups -OCH3 is 1. The van der Waals surface area contributed by atoms with Crippen LogP contribution in [0.4, 0.5) is 5.13 Å². The van der Waals surface area contributed by atoms with Gasteiger partial charge in [-0.2, -0.15) is 4.31 Å². The van der Waals surface area contributed by atoms with Crippen LogP contribution >= 0.6 is 11.3 Å². The number of piperidine rings is 1. The van der Waals surface area contributed by atoms with Gasteiger partial charge >= 0.3 is 0 Å². The summed E-state index contributed by atoms with van der Waals surface area (Å²) in [5.41, 5.74) is 0. The molecule has 1 aromatic heterocycles. The van der Waals surface area contributed by atoms with Gasteiger partial charge < -0.3 is 10.1 Å². The quantitative estimate of drug-likeness (QED) is 0.812. The van der Waals surface area contributed by atoms with E-state index in [9.17, 15) is 13.2 Å². The molecule has 1 aliphatic rings. The lowest BCUT2D eigenvalue weighted by Gasteiger charge is -2.34. The van der Waals surface area contributed by atoms with E-state index >= 15 is 0 Å². The Bertz CT molecular complexity index is 835. The number of hydrogen-bond donors (Lipinski definition) is 1. The van der Waals surface area contributed by atoms with Crippen molar-refractivity contribution in [2.24, 2.45) is 0 Å². The van der Waals surface area contributed by atoms with Gasteiger partial charge in [-0.15, -0.1) is 11.3 Å². The molecule has 1 aliphatic heterocycles. The number of amides is 1. The molecule has 1 amide bonds. The first kappa shape index (κ1) is 18.8.